The number of pyridine rings is 1. The zero-order valence-corrected chi connectivity index (χ0v) is 19.4. The molecule has 0 saturated heterocycles. The second kappa shape index (κ2) is 11.0. The standard InChI is InChI=1S/C25H33N5O2/c1-29(2)13-11-22(31)26-16-20-9-5-7-18-15-19-8-6-10-21(25(19)28-24(18)20)17-27-23(32)12-14-30(3)4/h5-10,15H,11-14,16-17H2,1-4H3,(H,26,31)(H,27,32). The summed E-state index contributed by atoms with van der Waals surface area (Å²) in [5.41, 5.74) is 3.71. The number of hydrogen-bond acceptors (Lipinski definition) is 5. The fraction of sp³-hybridized carbons (Fsp3) is 0.400. The first-order valence-electron chi connectivity index (χ1n) is 11.0. The van der Waals surface area contributed by atoms with E-state index in [0.29, 0.717) is 39.0 Å². The molecule has 0 aliphatic rings. The number of benzene rings is 2. The van der Waals surface area contributed by atoms with E-state index in [1.165, 1.54) is 0 Å². The lowest BCUT2D eigenvalue weighted by molar-refractivity contribution is -0.122. The number of aromatic nitrogens is 1. The second-order valence-electron chi connectivity index (χ2n) is 8.63. The third kappa shape index (κ3) is 6.48. The van der Waals surface area contributed by atoms with Gasteiger partial charge in [-0.2, -0.15) is 0 Å². The van der Waals surface area contributed by atoms with Gasteiger partial charge >= 0.3 is 0 Å². The maximum atomic E-state index is 12.2. The number of fused-ring (bicyclic) bond motifs is 2. The van der Waals surface area contributed by atoms with Crippen molar-refractivity contribution in [3.63, 3.8) is 0 Å². The summed E-state index contributed by atoms with van der Waals surface area (Å²) in [4.78, 5) is 33.3. The van der Waals surface area contributed by atoms with E-state index >= 15 is 0 Å². The molecule has 32 heavy (non-hydrogen) atoms. The van der Waals surface area contributed by atoms with Crippen molar-refractivity contribution in [1.29, 1.82) is 0 Å². The van der Waals surface area contributed by atoms with E-state index in [2.05, 4.69) is 16.7 Å². The number of nitrogens with one attached hydrogen (secondary N) is 2. The summed E-state index contributed by atoms with van der Waals surface area (Å²) < 4.78 is 0. The van der Waals surface area contributed by atoms with Crippen LogP contribution in [0.5, 0.6) is 0 Å². The Labute approximate surface area is 189 Å². The van der Waals surface area contributed by atoms with Gasteiger partial charge in [0, 0.05) is 49.8 Å². The lowest BCUT2D eigenvalue weighted by Gasteiger charge is -2.13. The van der Waals surface area contributed by atoms with Crippen molar-refractivity contribution < 1.29 is 9.59 Å². The third-order valence-electron chi connectivity index (χ3n) is 5.36. The van der Waals surface area contributed by atoms with Gasteiger partial charge in [-0.3, -0.25) is 9.59 Å². The molecule has 2 aromatic carbocycles. The number of para-hydroxylation sites is 2. The van der Waals surface area contributed by atoms with E-state index in [-0.39, 0.29) is 11.8 Å². The number of rotatable bonds is 10. The molecule has 0 spiro atoms. The molecule has 3 aromatic rings. The summed E-state index contributed by atoms with van der Waals surface area (Å²) in [5.74, 6) is 0.0511. The highest BCUT2D eigenvalue weighted by Gasteiger charge is 2.10. The Morgan fingerprint density at radius 1 is 0.750 bits per heavy atom. The summed E-state index contributed by atoms with van der Waals surface area (Å²) in [7, 11) is 7.81. The van der Waals surface area contributed by atoms with Crippen LogP contribution >= 0.6 is 0 Å². The topological polar surface area (TPSA) is 77.6 Å². The van der Waals surface area contributed by atoms with E-state index < -0.39 is 0 Å². The van der Waals surface area contributed by atoms with Gasteiger partial charge in [0.25, 0.3) is 0 Å². The van der Waals surface area contributed by atoms with Gasteiger partial charge in [0.1, 0.15) is 0 Å². The van der Waals surface area contributed by atoms with Crippen molar-refractivity contribution in [3.05, 3.63) is 53.6 Å². The average Bonchev–Trinajstić information content (AvgIpc) is 2.77. The van der Waals surface area contributed by atoms with E-state index in [1.807, 2.05) is 74.4 Å². The molecule has 2 N–H and O–H groups in total. The first kappa shape index (κ1) is 23.6. The molecule has 1 heterocycles. The molecule has 170 valence electrons. The maximum Gasteiger partial charge on any atom is 0.221 e. The fourth-order valence-electron chi connectivity index (χ4n) is 3.51. The molecule has 0 fully saturated rings. The smallest absolute Gasteiger partial charge is 0.221 e. The van der Waals surface area contributed by atoms with Crippen molar-refractivity contribution in [2.75, 3.05) is 41.3 Å². The molecule has 0 aliphatic heterocycles. The number of carbonyl (C=O) groups is 2. The van der Waals surface area contributed by atoms with Crippen LogP contribution in [-0.4, -0.2) is 67.9 Å². The van der Waals surface area contributed by atoms with E-state index in [9.17, 15) is 9.59 Å². The van der Waals surface area contributed by atoms with Crippen LogP contribution in [0.25, 0.3) is 21.8 Å². The molecular weight excluding hydrogens is 402 g/mol. The molecule has 0 radical (unpaired) electrons. The van der Waals surface area contributed by atoms with E-state index in [4.69, 9.17) is 4.98 Å². The van der Waals surface area contributed by atoms with E-state index in [0.717, 1.165) is 32.9 Å². The Morgan fingerprint density at radius 3 is 1.59 bits per heavy atom. The molecule has 7 nitrogen and oxygen atoms in total. The zero-order valence-electron chi connectivity index (χ0n) is 19.4. The molecule has 0 unspecified atom stereocenters. The Morgan fingerprint density at radius 2 is 1.19 bits per heavy atom. The van der Waals surface area contributed by atoms with Crippen molar-refractivity contribution in [2.24, 2.45) is 0 Å². The summed E-state index contributed by atoms with van der Waals surface area (Å²) in [6, 6.07) is 14.2. The second-order valence-corrected chi connectivity index (χ2v) is 8.63. The van der Waals surface area contributed by atoms with Crippen LogP contribution in [0.3, 0.4) is 0 Å². The first-order valence-corrected chi connectivity index (χ1v) is 11.0. The van der Waals surface area contributed by atoms with Crippen LogP contribution in [0.4, 0.5) is 0 Å². The molecule has 1 aromatic heterocycles. The van der Waals surface area contributed by atoms with Crippen LogP contribution in [-0.2, 0) is 22.7 Å². The van der Waals surface area contributed by atoms with Gasteiger partial charge in [-0.1, -0.05) is 36.4 Å². The van der Waals surface area contributed by atoms with Gasteiger partial charge in [0.05, 0.1) is 11.0 Å². The van der Waals surface area contributed by atoms with Crippen LogP contribution < -0.4 is 10.6 Å². The summed E-state index contributed by atoms with van der Waals surface area (Å²) in [6.07, 6.45) is 0.928. The Balaban J connectivity index is 1.80. The van der Waals surface area contributed by atoms with Crippen molar-refractivity contribution in [3.8, 4) is 0 Å². The molecule has 0 saturated carbocycles. The normalized spacial score (nSPS) is 11.4. The molecule has 2 amide bonds. The highest BCUT2D eigenvalue weighted by molar-refractivity contribution is 5.95. The Bertz CT molecular complexity index is 1010. The van der Waals surface area contributed by atoms with Gasteiger partial charge < -0.3 is 20.4 Å². The summed E-state index contributed by atoms with van der Waals surface area (Å²) >= 11 is 0. The lowest BCUT2D eigenvalue weighted by atomic mass is 10.0. The number of carbonyl (C=O) groups excluding carboxylic acids is 2. The van der Waals surface area contributed by atoms with Crippen LogP contribution in [0.2, 0.25) is 0 Å². The van der Waals surface area contributed by atoms with Crippen LogP contribution in [0.1, 0.15) is 24.0 Å². The highest BCUT2D eigenvalue weighted by atomic mass is 16.2. The number of amides is 2. The van der Waals surface area contributed by atoms with Gasteiger partial charge in [-0.15, -0.1) is 0 Å². The van der Waals surface area contributed by atoms with Gasteiger partial charge in [0.2, 0.25) is 11.8 Å². The minimum absolute atomic E-state index is 0.0256. The zero-order chi connectivity index (χ0) is 23.1. The molecule has 0 aliphatic carbocycles. The fourth-order valence-corrected chi connectivity index (χ4v) is 3.51. The molecule has 0 bridgehead atoms. The van der Waals surface area contributed by atoms with Crippen molar-refractivity contribution in [2.45, 2.75) is 25.9 Å². The van der Waals surface area contributed by atoms with Crippen LogP contribution in [0.15, 0.2) is 42.5 Å². The van der Waals surface area contributed by atoms with Crippen molar-refractivity contribution in [1.82, 2.24) is 25.4 Å². The SMILES string of the molecule is CN(C)CCC(=O)NCc1cccc2cc3cccc(CNC(=O)CCN(C)C)c3nc12. The molecule has 7 heteroatoms. The van der Waals surface area contributed by atoms with E-state index in [1.54, 1.807) is 0 Å². The van der Waals surface area contributed by atoms with Crippen LogP contribution in [0, 0.1) is 0 Å². The predicted octanol–water partition coefficient (Wildman–Crippen LogP) is 2.52. The Hall–Kier alpha value is -3.03. The number of nitrogens with zero attached hydrogens (tertiary/aromatic N) is 3. The van der Waals surface area contributed by atoms with Gasteiger partial charge in [0.15, 0.2) is 0 Å². The first-order chi connectivity index (χ1) is 15.3. The number of hydrogen-bond donors (Lipinski definition) is 2. The third-order valence-corrected chi connectivity index (χ3v) is 5.36. The predicted molar refractivity (Wildman–Crippen MR) is 129 cm³/mol. The molecular formula is C25H33N5O2. The minimum atomic E-state index is 0.0256. The Kier molecular flexibility index (Phi) is 8.14. The molecule has 0 atom stereocenters. The summed E-state index contributed by atoms with van der Waals surface area (Å²) in [6.45, 7) is 2.30. The quantitative estimate of drug-likeness (QED) is 0.479. The maximum absolute atomic E-state index is 12.2. The largest absolute Gasteiger partial charge is 0.352 e. The average molecular weight is 436 g/mol. The lowest BCUT2D eigenvalue weighted by Crippen LogP contribution is -2.27. The highest BCUT2D eigenvalue weighted by Crippen LogP contribution is 2.25. The van der Waals surface area contributed by atoms with Crippen molar-refractivity contribution >= 4 is 33.6 Å². The molecule has 3 rings (SSSR count). The summed E-state index contributed by atoms with van der Waals surface area (Å²) in [5, 5.41) is 8.08. The minimum Gasteiger partial charge on any atom is -0.352 e. The van der Waals surface area contributed by atoms with Gasteiger partial charge in [-0.05, 0) is 45.4 Å². The van der Waals surface area contributed by atoms with Gasteiger partial charge in [-0.25, -0.2) is 4.98 Å². The monoisotopic (exact) mass is 435 g/mol.